The fourth-order valence-electron chi connectivity index (χ4n) is 1.71. The van der Waals surface area contributed by atoms with Crippen molar-refractivity contribution >= 4 is 17.1 Å². The molecular formula is C15H14S. The minimum absolute atomic E-state index is 0.894. The maximum Gasteiger partial charge on any atom is 0.00416 e. The monoisotopic (exact) mass is 226 g/mol. The zero-order chi connectivity index (χ0) is 11.2. The van der Waals surface area contributed by atoms with Crippen molar-refractivity contribution in [3.8, 4) is 0 Å². The van der Waals surface area contributed by atoms with Gasteiger partial charge in [0.05, 0.1) is 0 Å². The SMILES string of the molecule is S=C(Cc1ccccc1)Cc1ccccc1. The van der Waals surface area contributed by atoms with Crippen molar-refractivity contribution in [1.82, 2.24) is 0 Å². The van der Waals surface area contributed by atoms with Crippen LogP contribution in [0.25, 0.3) is 0 Å². The molecule has 0 nitrogen and oxygen atoms in total. The molecule has 0 aliphatic heterocycles. The molecule has 0 bridgehead atoms. The molecule has 2 rings (SSSR count). The average molecular weight is 226 g/mol. The van der Waals surface area contributed by atoms with Gasteiger partial charge in [0.15, 0.2) is 0 Å². The van der Waals surface area contributed by atoms with Gasteiger partial charge in [-0.05, 0) is 11.1 Å². The van der Waals surface area contributed by atoms with Crippen LogP contribution in [0.1, 0.15) is 11.1 Å². The summed E-state index contributed by atoms with van der Waals surface area (Å²) in [6, 6.07) is 20.8. The average Bonchev–Trinajstić information content (AvgIpc) is 2.31. The lowest BCUT2D eigenvalue weighted by molar-refractivity contribution is 1.25. The lowest BCUT2D eigenvalue weighted by Crippen LogP contribution is -2.03. The van der Waals surface area contributed by atoms with Gasteiger partial charge in [-0.25, -0.2) is 0 Å². The Balaban J connectivity index is 1.95. The molecule has 1 heteroatoms. The predicted octanol–water partition coefficient (Wildman–Crippen LogP) is 3.84. The zero-order valence-corrected chi connectivity index (χ0v) is 9.91. The van der Waals surface area contributed by atoms with Gasteiger partial charge in [-0.2, -0.15) is 0 Å². The largest absolute Gasteiger partial charge is 0.0890 e. The standard InChI is InChI=1S/C15H14S/c16-15(11-13-7-3-1-4-8-13)12-14-9-5-2-6-10-14/h1-10H,11-12H2. The maximum absolute atomic E-state index is 5.42. The number of hydrogen-bond acceptors (Lipinski definition) is 1. The van der Waals surface area contributed by atoms with Crippen molar-refractivity contribution in [2.75, 3.05) is 0 Å². The lowest BCUT2D eigenvalue weighted by atomic mass is 10.0. The van der Waals surface area contributed by atoms with Crippen molar-refractivity contribution in [1.29, 1.82) is 0 Å². The number of benzene rings is 2. The van der Waals surface area contributed by atoms with Crippen LogP contribution in [-0.4, -0.2) is 4.86 Å². The predicted molar refractivity (Wildman–Crippen MR) is 72.9 cm³/mol. The van der Waals surface area contributed by atoms with Crippen LogP contribution < -0.4 is 0 Å². The highest BCUT2D eigenvalue weighted by atomic mass is 32.1. The summed E-state index contributed by atoms with van der Waals surface area (Å²) in [6.07, 6.45) is 1.79. The normalized spacial score (nSPS) is 10.0. The second-order valence-electron chi connectivity index (χ2n) is 3.86. The van der Waals surface area contributed by atoms with Crippen molar-refractivity contribution in [3.63, 3.8) is 0 Å². The van der Waals surface area contributed by atoms with Crippen molar-refractivity contribution in [3.05, 3.63) is 71.8 Å². The number of thiocarbonyl (C=S) groups is 1. The van der Waals surface area contributed by atoms with Crippen molar-refractivity contribution in [2.24, 2.45) is 0 Å². The van der Waals surface area contributed by atoms with E-state index in [0.717, 1.165) is 17.7 Å². The summed E-state index contributed by atoms with van der Waals surface area (Å²) >= 11 is 5.42. The van der Waals surface area contributed by atoms with E-state index < -0.39 is 0 Å². The molecule has 0 saturated carbocycles. The van der Waals surface area contributed by atoms with Gasteiger partial charge >= 0.3 is 0 Å². The molecule has 0 radical (unpaired) electrons. The molecule has 0 fully saturated rings. The smallest absolute Gasteiger partial charge is 0.00416 e. The van der Waals surface area contributed by atoms with Gasteiger partial charge in [0, 0.05) is 17.7 Å². The molecule has 0 atom stereocenters. The lowest BCUT2D eigenvalue weighted by Gasteiger charge is -2.04. The van der Waals surface area contributed by atoms with Crippen LogP contribution in [0.4, 0.5) is 0 Å². The number of rotatable bonds is 4. The second kappa shape index (κ2) is 5.57. The van der Waals surface area contributed by atoms with E-state index in [2.05, 4.69) is 48.5 Å². The molecule has 16 heavy (non-hydrogen) atoms. The Morgan fingerprint density at radius 2 is 1.06 bits per heavy atom. The van der Waals surface area contributed by atoms with Gasteiger partial charge < -0.3 is 0 Å². The summed E-state index contributed by atoms with van der Waals surface area (Å²) in [5, 5.41) is 0. The molecule has 0 saturated heterocycles. The Labute approximate surface area is 102 Å². The van der Waals surface area contributed by atoms with Gasteiger partial charge in [-0.3, -0.25) is 0 Å². The molecule has 0 spiro atoms. The number of hydrogen-bond donors (Lipinski definition) is 0. The van der Waals surface area contributed by atoms with Gasteiger partial charge in [0.2, 0.25) is 0 Å². The molecule has 80 valence electrons. The van der Waals surface area contributed by atoms with Gasteiger partial charge in [0.25, 0.3) is 0 Å². The Bertz CT molecular complexity index is 402. The highest BCUT2D eigenvalue weighted by Crippen LogP contribution is 2.06. The molecule has 2 aromatic carbocycles. The fourth-order valence-corrected chi connectivity index (χ4v) is 2.04. The summed E-state index contributed by atoms with van der Waals surface area (Å²) in [5.41, 5.74) is 2.59. The van der Waals surface area contributed by atoms with Crippen LogP contribution in [0.3, 0.4) is 0 Å². The topological polar surface area (TPSA) is 0 Å². The Kier molecular flexibility index (Phi) is 3.84. The quantitative estimate of drug-likeness (QED) is 0.714. The first-order chi connectivity index (χ1) is 7.84. The third-order valence-corrected chi connectivity index (χ3v) is 2.78. The van der Waals surface area contributed by atoms with Gasteiger partial charge in [0.1, 0.15) is 0 Å². The van der Waals surface area contributed by atoms with Crippen LogP contribution in [-0.2, 0) is 12.8 Å². The highest BCUT2D eigenvalue weighted by molar-refractivity contribution is 7.80. The maximum atomic E-state index is 5.42. The van der Waals surface area contributed by atoms with E-state index in [0.29, 0.717) is 0 Å². The first-order valence-electron chi connectivity index (χ1n) is 5.44. The van der Waals surface area contributed by atoms with E-state index in [-0.39, 0.29) is 0 Å². The van der Waals surface area contributed by atoms with Gasteiger partial charge in [-0.15, -0.1) is 0 Å². The summed E-state index contributed by atoms with van der Waals surface area (Å²) < 4.78 is 0. The molecule has 0 aliphatic carbocycles. The van der Waals surface area contributed by atoms with E-state index in [1.165, 1.54) is 11.1 Å². The first kappa shape index (κ1) is 11.0. The van der Waals surface area contributed by atoms with Crippen LogP contribution in [0.2, 0.25) is 0 Å². The minimum Gasteiger partial charge on any atom is -0.0890 e. The van der Waals surface area contributed by atoms with E-state index >= 15 is 0 Å². The Hall–Kier alpha value is -1.47. The Morgan fingerprint density at radius 1 is 0.688 bits per heavy atom. The second-order valence-corrected chi connectivity index (χ2v) is 4.44. The molecule has 0 N–H and O–H groups in total. The molecule has 0 heterocycles. The van der Waals surface area contributed by atoms with Crippen LogP contribution >= 0.6 is 12.2 Å². The van der Waals surface area contributed by atoms with E-state index in [4.69, 9.17) is 12.2 Å². The van der Waals surface area contributed by atoms with Crippen LogP contribution in [0.15, 0.2) is 60.7 Å². The van der Waals surface area contributed by atoms with Crippen molar-refractivity contribution < 1.29 is 0 Å². The fraction of sp³-hybridized carbons (Fsp3) is 0.133. The van der Waals surface area contributed by atoms with Gasteiger partial charge in [-0.1, -0.05) is 72.9 Å². The molecule has 2 aromatic rings. The minimum atomic E-state index is 0.894. The summed E-state index contributed by atoms with van der Waals surface area (Å²) in [6.45, 7) is 0. The Morgan fingerprint density at radius 3 is 1.44 bits per heavy atom. The van der Waals surface area contributed by atoms with E-state index in [9.17, 15) is 0 Å². The molecule has 0 amide bonds. The zero-order valence-electron chi connectivity index (χ0n) is 9.10. The molecule has 0 aliphatic rings. The van der Waals surface area contributed by atoms with Crippen LogP contribution in [0, 0.1) is 0 Å². The summed E-state index contributed by atoms with van der Waals surface area (Å²) in [4.78, 5) is 1.09. The van der Waals surface area contributed by atoms with E-state index in [1.807, 2.05) is 12.1 Å². The van der Waals surface area contributed by atoms with Crippen molar-refractivity contribution in [2.45, 2.75) is 12.8 Å². The van der Waals surface area contributed by atoms with Crippen LogP contribution in [0.5, 0.6) is 0 Å². The third-order valence-electron chi connectivity index (χ3n) is 2.49. The molecular weight excluding hydrogens is 212 g/mol. The third kappa shape index (κ3) is 3.28. The molecule has 0 unspecified atom stereocenters. The summed E-state index contributed by atoms with van der Waals surface area (Å²) in [5.74, 6) is 0. The van der Waals surface area contributed by atoms with E-state index in [1.54, 1.807) is 0 Å². The molecule has 0 aromatic heterocycles. The first-order valence-corrected chi connectivity index (χ1v) is 5.85. The highest BCUT2D eigenvalue weighted by Gasteiger charge is 2.00. The summed E-state index contributed by atoms with van der Waals surface area (Å²) in [7, 11) is 0.